The fraction of sp³-hybridized carbons (Fsp3) is 0.286. The normalized spacial score (nSPS) is 14.6. The van der Waals surface area contributed by atoms with Crippen LogP contribution in [0.3, 0.4) is 0 Å². The van der Waals surface area contributed by atoms with Crippen molar-refractivity contribution in [3.05, 3.63) is 66.2 Å². The van der Waals surface area contributed by atoms with E-state index < -0.39 is 9.84 Å². The number of amides is 1. The molecule has 1 heterocycles. The molecule has 1 aliphatic rings. The molecule has 0 saturated heterocycles. The van der Waals surface area contributed by atoms with E-state index >= 15 is 0 Å². The highest BCUT2D eigenvalue weighted by Gasteiger charge is 2.21. The Labute approximate surface area is 160 Å². The molecular formula is C21H23NO4S. The predicted octanol–water partition coefficient (Wildman–Crippen LogP) is 3.17. The Morgan fingerprint density at radius 3 is 2.37 bits per heavy atom. The third-order valence-electron chi connectivity index (χ3n) is 4.71. The summed E-state index contributed by atoms with van der Waals surface area (Å²) in [5.41, 5.74) is 2.40. The molecule has 0 fully saturated rings. The predicted molar refractivity (Wildman–Crippen MR) is 105 cm³/mol. The Bertz CT molecular complexity index is 918. The molecule has 0 saturated carbocycles. The van der Waals surface area contributed by atoms with Crippen LogP contribution in [0.25, 0.3) is 5.57 Å². The maximum absolute atomic E-state index is 12.4. The van der Waals surface area contributed by atoms with Gasteiger partial charge < -0.3 is 9.64 Å². The first-order chi connectivity index (χ1) is 13.0. The van der Waals surface area contributed by atoms with Crippen molar-refractivity contribution in [3.63, 3.8) is 0 Å². The minimum atomic E-state index is -3.49. The van der Waals surface area contributed by atoms with Crippen LogP contribution >= 0.6 is 0 Å². The first-order valence-electron chi connectivity index (χ1n) is 8.88. The van der Waals surface area contributed by atoms with Crippen LogP contribution in [0.4, 0.5) is 0 Å². The van der Waals surface area contributed by atoms with Crippen molar-refractivity contribution < 1.29 is 17.9 Å². The molecule has 0 N–H and O–H groups in total. The molecule has 0 aromatic heterocycles. The van der Waals surface area contributed by atoms with E-state index in [-0.39, 0.29) is 23.0 Å². The van der Waals surface area contributed by atoms with E-state index in [0.717, 1.165) is 6.42 Å². The second-order valence-corrected chi connectivity index (χ2v) is 8.54. The number of ether oxygens (including phenoxy) is 1. The fourth-order valence-corrected chi connectivity index (χ4v) is 4.32. The van der Waals surface area contributed by atoms with E-state index in [2.05, 4.69) is 18.2 Å². The smallest absolute Gasteiger partial charge is 0.223 e. The van der Waals surface area contributed by atoms with Gasteiger partial charge in [-0.05, 0) is 41.8 Å². The van der Waals surface area contributed by atoms with Gasteiger partial charge in [-0.2, -0.15) is 0 Å². The third-order valence-corrected chi connectivity index (χ3v) is 6.44. The molecule has 1 amide bonds. The number of carbonyl (C=O) groups excluding carboxylic acids is 1. The van der Waals surface area contributed by atoms with E-state index in [4.69, 9.17) is 4.74 Å². The molecule has 3 rings (SSSR count). The molecule has 0 bridgehead atoms. The topological polar surface area (TPSA) is 63.7 Å². The zero-order chi connectivity index (χ0) is 19.3. The van der Waals surface area contributed by atoms with Gasteiger partial charge in [0.2, 0.25) is 5.91 Å². The average molecular weight is 385 g/mol. The van der Waals surface area contributed by atoms with Gasteiger partial charge in [0.05, 0.1) is 17.8 Å². The number of rotatable bonds is 6. The molecule has 0 radical (unpaired) electrons. The van der Waals surface area contributed by atoms with Crippen molar-refractivity contribution in [2.45, 2.75) is 17.7 Å². The van der Waals surface area contributed by atoms with Crippen LogP contribution in [0.5, 0.6) is 5.75 Å². The zero-order valence-corrected chi connectivity index (χ0v) is 16.1. The van der Waals surface area contributed by atoms with Crippen LogP contribution in [0.15, 0.2) is 65.6 Å². The second kappa shape index (κ2) is 8.39. The van der Waals surface area contributed by atoms with Crippen LogP contribution in [-0.4, -0.2) is 45.2 Å². The zero-order valence-electron chi connectivity index (χ0n) is 15.3. The number of sulfone groups is 1. The summed E-state index contributed by atoms with van der Waals surface area (Å²) in [4.78, 5) is 14.4. The molecule has 0 aliphatic carbocycles. The van der Waals surface area contributed by atoms with Crippen LogP contribution < -0.4 is 4.74 Å². The highest BCUT2D eigenvalue weighted by molar-refractivity contribution is 7.91. The maximum atomic E-state index is 12.4. The van der Waals surface area contributed by atoms with E-state index in [1.807, 2.05) is 18.2 Å². The monoisotopic (exact) mass is 385 g/mol. The molecule has 142 valence electrons. The van der Waals surface area contributed by atoms with Gasteiger partial charge in [0, 0.05) is 19.5 Å². The Kier molecular flexibility index (Phi) is 5.96. The number of methoxy groups -OCH3 is 1. The second-order valence-electron chi connectivity index (χ2n) is 6.43. The molecule has 0 unspecified atom stereocenters. The molecular weight excluding hydrogens is 362 g/mol. The van der Waals surface area contributed by atoms with Gasteiger partial charge in [-0.3, -0.25) is 4.79 Å². The third kappa shape index (κ3) is 4.77. The van der Waals surface area contributed by atoms with Gasteiger partial charge >= 0.3 is 0 Å². The van der Waals surface area contributed by atoms with Crippen molar-refractivity contribution >= 4 is 21.3 Å². The summed E-state index contributed by atoms with van der Waals surface area (Å²) in [7, 11) is -1.96. The first-order valence-corrected chi connectivity index (χ1v) is 10.5. The number of carbonyl (C=O) groups is 1. The Balaban J connectivity index is 1.57. The fourth-order valence-electron chi connectivity index (χ4n) is 3.09. The first kappa shape index (κ1) is 19.2. The Morgan fingerprint density at radius 2 is 1.78 bits per heavy atom. The number of hydrogen-bond acceptors (Lipinski definition) is 4. The van der Waals surface area contributed by atoms with Crippen molar-refractivity contribution in [1.29, 1.82) is 0 Å². The SMILES string of the molecule is COc1ccc(S(=O)(=O)CCC(=O)N2CC=C(c3ccccc3)CC2)cc1. The quantitative estimate of drug-likeness (QED) is 0.766. The summed E-state index contributed by atoms with van der Waals surface area (Å²) in [5.74, 6) is 0.277. The molecule has 5 nitrogen and oxygen atoms in total. The van der Waals surface area contributed by atoms with Crippen molar-refractivity contribution in [3.8, 4) is 5.75 Å². The Hall–Kier alpha value is -2.60. The summed E-state index contributed by atoms with van der Waals surface area (Å²) in [6.45, 7) is 1.13. The highest BCUT2D eigenvalue weighted by atomic mass is 32.2. The molecule has 2 aromatic carbocycles. The lowest BCUT2D eigenvalue weighted by molar-refractivity contribution is -0.130. The highest BCUT2D eigenvalue weighted by Crippen LogP contribution is 2.23. The van der Waals surface area contributed by atoms with E-state index in [9.17, 15) is 13.2 Å². The minimum absolute atomic E-state index is 0.0110. The number of nitrogens with zero attached hydrogens (tertiary/aromatic N) is 1. The van der Waals surface area contributed by atoms with Crippen molar-refractivity contribution in [2.24, 2.45) is 0 Å². The van der Waals surface area contributed by atoms with E-state index in [1.54, 1.807) is 17.0 Å². The lowest BCUT2D eigenvalue weighted by Crippen LogP contribution is -2.35. The van der Waals surface area contributed by atoms with Gasteiger partial charge in [0.1, 0.15) is 5.75 Å². The van der Waals surface area contributed by atoms with Gasteiger partial charge in [0.25, 0.3) is 0 Å². The standard InChI is InChI=1S/C21H23NO4S/c1-26-19-7-9-20(10-8-19)27(24,25)16-13-21(23)22-14-11-18(12-15-22)17-5-3-2-4-6-17/h2-11H,12-16H2,1H3. The average Bonchev–Trinajstić information content (AvgIpc) is 2.73. The van der Waals surface area contributed by atoms with Gasteiger partial charge in [-0.1, -0.05) is 36.4 Å². The lowest BCUT2D eigenvalue weighted by atomic mass is 9.99. The number of hydrogen-bond donors (Lipinski definition) is 0. The molecule has 6 heteroatoms. The summed E-state index contributed by atoms with van der Waals surface area (Å²) < 4.78 is 29.9. The summed E-state index contributed by atoms with van der Waals surface area (Å²) in [6.07, 6.45) is 2.82. The van der Waals surface area contributed by atoms with Crippen molar-refractivity contribution in [2.75, 3.05) is 26.0 Å². The Morgan fingerprint density at radius 1 is 1.07 bits per heavy atom. The molecule has 2 aromatic rings. The number of benzene rings is 2. The maximum Gasteiger partial charge on any atom is 0.223 e. The molecule has 27 heavy (non-hydrogen) atoms. The molecule has 0 spiro atoms. The van der Waals surface area contributed by atoms with Crippen LogP contribution in [0.1, 0.15) is 18.4 Å². The van der Waals surface area contributed by atoms with E-state index in [0.29, 0.717) is 18.8 Å². The van der Waals surface area contributed by atoms with Crippen LogP contribution in [-0.2, 0) is 14.6 Å². The van der Waals surface area contributed by atoms with Crippen LogP contribution in [0, 0.1) is 0 Å². The van der Waals surface area contributed by atoms with Crippen LogP contribution in [0.2, 0.25) is 0 Å². The summed E-state index contributed by atoms with van der Waals surface area (Å²) in [5, 5.41) is 0. The van der Waals surface area contributed by atoms with Gasteiger partial charge in [-0.15, -0.1) is 0 Å². The largest absolute Gasteiger partial charge is 0.497 e. The van der Waals surface area contributed by atoms with E-state index in [1.165, 1.54) is 30.4 Å². The minimum Gasteiger partial charge on any atom is -0.497 e. The summed E-state index contributed by atoms with van der Waals surface area (Å²) >= 11 is 0. The molecule has 1 aliphatic heterocycles. The summed E-state index contributed by atoms with van der Waals surface area (Å²) in [6, 6.07) is 16.3. The van der Waals surface area contributed by atoms with Gasteiger partial charge in [-0.25, -0.2) is 8.42 Å². The van der Waals surface area contributed by atoms with Crippen molar-refractivity contribution in [1.82, 2.24) is 4.90 Å². The molecule has 0 atom stereocenters. The van der Waals surface area contributed by atoms with Gasteiger partial charge in [0.15, 0.2) is 9.84 Å². The lowest BCUT2D eigenvalue weighted by Gasteiger charge is -2.26.